The number of aromatic nitrogens is 2. The fourth-order valence-electron chi connectivity index (χ4n) is 6.17. The number of esters is 1. The number of amides is 1. The Labute approximate surface area is 240 Å². The molecule has 1 aliphatic heterocycles. The number of nitrogens with zero attached hydrogens (tertiary/aromatic N) is 2. The molecule has 1 amide bonds. The molecule has 2 fully saturated rings. The molecule has 10 nitrogen and oxygen atoms in total. The number of carbonyl (C=O) groups is 3. The van der Waals surface area contributed by atoms with Gasteiger partial charge >= 0.3 is 12.1 Å². The van der Waals surface area contributed by atoms with Gasteiger partial charge in [-0.3, -0.25) is 9.59 Å². The number of rotatable bonds is 2. The number of aryl methyl sites for hydroxylation is 1. The Morgan fingerprint density at radius 1 is 1.00 bits per heavy atom. The van der Waals surface area contributed by atoms with E-state index in [1.165, 1.54) is 7.11 Å². The molecule has 2 saturated carbocycles. The minimum Gasteiger partial charge on any atom is -0.497 e. The van der Waals surface area contributed by atoms with Gasteiger partial charge in [-0.2, -0.15) is 0 Å². The van der Waals surface area contributed by atoms with Crippen molar-refractivity contribution in [3.8, 4) is 11.6 Å². The third kappa shape index (κ3) is 6.57. The number of benzene rings is 1. The van der Waals surface area contributed by atoms with Crippen LogP contribution in [0.3, 0.4) is 0 Å². The summed E-state index contributed by atoms with van der Waals surface area (Å²) in [5, 5.41) is 2.84. The third-order valence-corrected chi connectivity index (χ3v) is 8.59. The van der Waals surface area contributed by atoms with Crippen molar-refractivity contribution in [3.05, 3.63) is 23.9 Å². The van der Waals surface area contributed by atoms with Gasteiger partial charge in [-0.25, -0.2) is 14.8 Å². The van der Waals surface area contributed by atoms with Gasteiger partial charge in [0.25, 0.3) is 0 Å². The summed E-state index contributed by atoms with van der Waals surface area (Å²) >= 11 is 0. The molecule has 1 unspecified atom stereocenters. The van der Waals surface area contributed by atoms with E-state index in [2.05, 4.69) is 5.32 Å². The first-order valence-electron chi connectivity index (χ1n) is 14.7. The number of hydrogen-bond acceptors (Lipinski definition) is 9. The van der Waals surface area contributed by atoms with Crippen LogP contribution in [0.1, 0.15) is 71.4 Å². The van der Waals surface area contributed by atoms with E-state index in [-0.39, 0.29) is 11.9 Å². The molecular weight excluding hydrogens is 526 g/mol. The van der Waals surface area contributed by atoms with E-state index >= 15 is 0 Å². The quantitative estimate of drug-likeness (QED) is 0.509. The van der Waals surface area contributed by atoms with E-state index in [1.54, 1.807) is 7.11 Å². The van der Waals surface area contributed by atoms with Gasteiger partial charge in [0.2, 0.25) is 5.88 Å². The van der Waals surface area contributed by atoms with Crippen molar-refractivity contribution in [1.29, 1.82) is 0 Å². The summed E-state index contributed by atoms with van der Waals surface area (Å²) in [7, 11) is 2.92. The second-order valence-electron chi connectivity index (χ2n) is 12.7. The van der Waals surface area contributed by atoms with Crippen LogP contribution in [0.15, 0.2) is 18.2 Å². The van der Waals surface area contributed by atoms with Crippen molar-refractivity contribution in [2.45, 2.75) is 90.4 Å². The van der Waals surface area contributed by atoms with E-state index in [0.29, 0.717) is 42.3 Å². The summed E-state index contributed by atoms with van der Waals surface area (Å²) in [6, 6.07) is 4.72. The maximum atomic E-state index is 14.0. The van der Waals surface area contributed by atoms with E-state index in [9.17, 15) is 14.4 Å². The molecule has 222 valence electrons. The highest BCUT2D eigenvalue weighted by Crippen LogP contribution is 2.41. The number of nitrogens with one attached hydrogen (secondary N) is 1. The molecule has 2 bridgehead atoms. The number of fused-ring (bicyclic) bond motifs is 5. The molecule has 2 aliphatic carbocycles. The molecule has 0 saturated heterocycles. The Balaban J connectivity index is 1.49. The van der Waals surface area contributed by atoms with Gasteiger partial charge in [0.05, 0.1) is 37.2 Å². The van der Waals surface area contributed by atoms with Crippen LogP contribution in [0.4, 0.5) is 4.79 Å². The van der Waals surface area contributed by atoms with Crippen molar-refractivity contribution in [1.82, 2.24) is 15.3 Å². The van der Waals surface area contributed by atoms with Gasteiger partial charge in [-0.05, 0) is 62.0 Å². The zero-order valence-corrected chi connectivity index (χ0v) is 24.6. The number of ketones is 1. The van der Waals surface area contributed by atoms with Crippen LogP contribution in [-0.2, 0) is 25.5 Å². The molecule has 10 heteroatoms. The highest BCUT2D eigenvalue weighted by atomic mass is 16.6. The molecule has 1 N–H and O–H groups in total. The molecule has 0 spiro atoms. The molecule has 41 heavy (non-hydrogen) atoms. The number of ether oxygens (including phenoxy) is 4. The summed E-state index contributed by atoms with van der Waals surface area (Å²) < 4.78 is 22.6. The van der Waals surface area contributed by atoms with Gasteiger partial charge in [-0.15, -0.1) is 0 Å². The fraction of sp³-hybridized carbons (Fsp3) is 0.645. The summed E-state index contributed by atoms with van der Waals surface area (Å²) in [6.45, 7) is 5.68. The molecule has 0 radical (unpaired) electrons. The highest BCUT2D eigenvalue weighted by molar-refractivity contribution is 5.93. The Morgan fingerprint density at radius 3 is 2.54 bits per heavy atom. The van der Waals surface area contributed by atoms with E-state index in [4.69, 9.17) is 28.9 Å². The lowest BCUT2D eigenvalue weighted by Crippen LogP contribution is -2.52. The number of carbonyl (C=O) groups excluding carboxylic acids is 3. The van der Waals surface area contributed by atoms with Crippen LogP contribution in [0, 0.1) is 23.2 Å². The minimum atomic E-state index is -0.842. The van der Waals surface area contributed by atoms with E-state index < -0.39 is 41.5 Å². The Bertz CT molecular complexity index is 1310. The van der Waals surface area contributed by atoms with Crippen molar-refractivity contribution >= 4 is 28.9 Å². The van der Waals surface area contributed by atoms with Crippen LogP contribution in [0.25, 0.3) is 11.0 Å². The predicted octanol–water partition coefficient (Wildman–Crippen LogP) is 4.80. The number of Topliss-reactive ketones (excluding diaryl/α,β-unsaturated/α-hetero) is 1. The third-order valence-electron chi connectivity index (χ3n) is 8.59. The molecule has 2 aromatic rings. The van der Waals surface area contributed by atoms with Crippen LogP contribution in [0.5, 0.6) is 11.6 Å². The molecule has 1 aromatic heterocycles. The summed E-state index contributed by atoms with van der Waals surface area (Å²) in [6.07, 6.45) is 4.89. The van der Waals surface area contributed by atoms with Crippen LogP contribution in [-0.4, -0.2) is 60.3 Å². The summed E-state index contributed by atoms with van der Waals surface area (Å²) in [5.41, 5.74) is 1.57. The monoisotopic (exact) mass is 567 g/mol. The van der Waals surface area contributed by atoms with E-state index in [1.807, 2.05) is 39.0 Å². The first-order chi connectivity index (χ1) is 19.6. The van der Waals surface area contributed by atoms with E-state index in [0.717, 1.165) is 43.3 Å². The van der Waals surface area contributed by atoms with Gasteiger partial charge in [-0.1, -0.05) is 33.6 Å². The van der Waals surface area contributed by atoms with Gasteiger partial charge in [0.1, 0.15) is 23.7 Å². The fourth-order valence-corrected chi connectivity index (χ4v) is 6.17. The Hall–Kier alpha value is -3.43. The maximum absolute atomic E-state index is 14.0. The van der Waals surface area contributed by atoms with Crippen molar-refractivity contribution in [3.63, 3.8) is 0 Å². The average molecular weight is 568 g/mol. The second-order valence-corrected chi connectivity index (χ2v) is 12.7. The van der Waals surface area contributed by atoms with Crippen LogP contribution >= 0.6 is 0 Å². The normalized spacial score (nSPS) is 29.1. The lowest BCUT2D eigenvalue weighted by atomic mass is 9.77. The van der Waals surface area contributed by atoms with Crippen LogP contribution < -0.4 is 14.8 Å². The molecule has 5 rings (SSSR count). The Kier molecular flexibility index (Phi) is 8.38. The zero-order valence-electron chi connectivity index (χ0n) is 24.6. The predicted molar refractivity (Wildman–Crippen MR) is 151 cm³/mol. The standard InChI is InChI=1S/C31H41N3O7/c1-31(2,3)27-26(35)20-14-19(15-21(20)29(36)39-5)40-28-23(32-22-12-11-18(38-4)16-24(22)33-28)10-8-6-7-9-17-13-25(17)41-30(37)34-27/h11-12,16-17,19-21,25,27H,6-10,13-15H2,1-5H3,(H,34,37)/t17-,19+,20?,21-,25-,27-/m1/s1. The molecule has 6 atom stereocenters. The molecule has 1 aromatic carbocycles. The lowest BCUT2D eigenvalue weighted by Gasteiger charge is -2.32. The SMILES string of the molecule is COC(=O)[C@@H]1C[C@@H]2CC1C(=O)[C@H](C(C)(C)C)NC(=O)O[C@@H]1C[C@H]1CCCCCc1nc3ccc(OC)cc3nc1O2. The largest absolute Gasteiger partial charge is 0.497 e. The number of alkyl carbamates (subject to hydrolysis) is 1. The second kappa shape index (κ2) is 11.8. The maximum Gasteiger partial charge on any atom is 0.408 e. The van der Waals surface area contributed by atoms with Crippen molar-refractivity contribution in [2.75, 3.05) is 14.2 Å². The van der Waals surface area contributed by atoms with Crippen LogP contribution in [0.2, 0.25) is 0 Å². The minimum absolute atomic E-state index is 0.119. The van der Waals surface area contributed by atoms with Gasteiger partial charge in [0.15, 0.2) is 5.78 Å². The molecular formula is C31H41N3O7. The van der Waals surface area contributed by atoms with Crippen molar-refractivity contribution < 1.29 is 33.3 Å². The summed E-state index contributed by atoms with van der Waals surface area (Å²) in [4.78, 5) is 49.5. The molecule has 2 heterocycles. The molecule has 3 aliphatic rings. The Morgan fingerprint density at radius 2 is 1.80 bits per heavy atom. The first kappa shape index (κ1) is 29.1. The number of methoxy groups -OCH3 is 2. The summed E-state index contributed by atoms with van der Waals surface area (Å²) in [5.74, 6) is -0.651. The zero-order chi connectivity index (χ0) is 29.3. The smallest absolute Gasteiger partial charge is 0.408 e. The topological polar surface area (TPSA) is 126 Å². The van der Waals surface area contributed by atoms with Crippen molar-refractivity contribution in [2.24, 2.45) is 23.2 Å². The van der Waals surface area contributed by atoms with Gasteiger partial charge < -0.3 is 24.3 Å². The van der Waals surface area contributed by atoms with Gasteiger partial charge in [0, 0.05) is 12.0 Å². The lowest BCUT2D eigenvalue weighted by molar-refractivity contribution is -0.149. The average Bonchev–Trinajstić information content (AvgIpc) is 3.53. The first-order valence-corrected chi connectivity index (χ1v) is 14.7. The highest BCUT2D eigenvalue weighted by Gasteiger charge is 2.49. The number of hydrogen-bond donors (Lipinski definition) is 1.